The van der Waals surface area contributed by atoms with Crippen molar-refractivity contribution < 1.29 is 0 Å². The van der Waals surface area contributed by atoms with Gasteiger partial charge in [0.1, 0.15) is 0 Å². The standard InChI is InChI=1S/C9H17N/c1-3-5-6-7-9-10-8-4-2/h2,10H,3,5-9H2,1H3. The molecule has 1 nitrogen and oxygen atoms in total. The van der Waals surface area contributed by atoms with E-state index in [4.69, 9.17) is 6.42 Å². The Kier molecular flexibility index (Phi) is 8.11. The first-order chi connectivity index (χ1) is 4.91. The van der Waals surface area contributed by atoms with E-state index in [2.05, 4.69) is 18.2 Å². The van der Waals surface area contributed by atoms with Crippen molar-refractivity contribution in [1.29, 1.82) is 0 Å². The Labute approximate surface area is 64.2 Å². The topological polar surface area (TPSA) is 12.0 Å². The minimum Gasteiger partial charge on any atom is -0.306 e. The molecule has 0 amide bonds. The molecule has 0 aliphatic carbocycles. The molecule has 0 aliphatic rings. The summed E-state index contributed by atoms with van der Waals surface area (Å²) in [6.07, 6.45) is 10.3. The second-order valence-electron chi connectivity index (χ2n) is 2.44. The molecule has 0 saturated carbocycles. The van der Waals surface area contributed by atoms with Crippen molar-refractivity contribution in [3.63, 3.8) is 0 Å². The highest BCUT2D eigenvalue weighted by molar-refractivity contribution is 4.86. The Balaban J connectivity index is 2.72. The van der Waals surface area contributed by atoms with E-state index in [1.54, 1.807) is 0 Å². The fourth-order valence-corrected chi connectivity index (χ4v) is 0.837. The molecule has 0 spiro atoms. The van der Waals surface area contributed by atoms with Gasteiger partial charge in [0.15, 0.2) is 0 Å². The number of rotatable bonds is 6. The van der Waals surface area contributed by atoms with Crippen LogP contribution < -0.4 is 5.32 Å². The second kappa shape index (κ2) is 8.52. The van der Waals surface area contributed by atoms with Crippen molar-refractivity contribution in [3.8, 4) is 12.3 Å². The summed E-state index contributed by atoms with van der Waals surface area (Å²) in [6.45, 7) is 4.01. The zero-order valence-corrected chi connectivity index (χ0v) is 6.82. The molecule has 0 aromatic carbocycles. The van der Waals surface area contributed by atoms with Gasteiger partial charge in [0.2, 0.25) is 0 Å². The van der Waals surface area contributed by atoms with Gasteiger partial charge in [-0.15, -0.1) is 6.42 Å². The highest BCUT2D eigenvalue weighted by atomic mass is 14.8. The van der Waals surface area contributed by atoms with Gasteiger partial charge in [-0.1, -0.05) is 32.1 Å². The van der Waals surface area contributed by atoms with E-state index in [1.807, 2.05) is 0 Å². The monoisotopic (exact) mass is 139 g/mol. The lowest BCUT2D eigenvalue weighted by Gasteiger charge is -1.98. The third-order valence-corrected chi connectivity index (χ3v) is 1.43. The van der Waals surface area contributed by atoms with Gasteiger partial charge >= 0.3 is 0 Å². The molecule has 0 aliphatic heterocycles. The third kappa shape index (κ3) is 7.52. The van der Waals surface area contributed by atoms with Crippen LogP contribution in [-0.2, 0) is 0 Å². The van der Waals surface area contributed by atoms with Gasteiger partial charge < -0.3 is 5.32 Å². The Bertz CT molecular complexity index is 91.4. The molecule has 0 rings (SSSR count). The van der Waals surface area contributed by atoms with Crippen molar-refractivity contribution in [2.75, 3.05) is 13.1 Å². The average Bonchev–Trinajstić information content (AvgIpc) is 1.97. The van der Waals surface area contributed by atoms with E-state index >= 15 is 0 Å². The van der Waals surface area contributed by atoms with Crippen LogP contribution in [0.2, 0.25) is 0 Å². The first-order valence-corrected chi connectivity index (χ1v) is 4.06. The van der Waals surface area contributed by atoms with Crippen LogP contribution in [0.15, 0.2) is 0 Å². The average molecular weight is 139 g/mol. The van der Waals surface area contributed by atoms with Gasteiger partial charge in [-0.05, 0) is 13.0 Å². The summed E-state index contributed by atoms with van der Waals surface area (Å²) in [5.74, 6) is 2.55. The number of hydrogen-bond acceptors (Lipinski definition) is 1. The van der Waals surface area contributed by atoms with Gasteiger partial charge in [-0.3, -0.25) is 0 Å². The van der Waals surface area contributed by atoms with Gasteiger partial charge in [-0.25, -0.2) is 0 Å². The number of nitrogens with one attached hydrogen (secondary N) is 1. The van der Waals surface area contributed by atoms with Crippen molar-refractivity contribution in [3.05, 3.63) is 0 Å². The minimum atomic E-state index is 0.714. The van der Waals surface area contributed by atoms with Gasteiger partial charge in [-0.2, -0.15) is 0 Å². The fourth-order valence-electron chi connectivity index (χ4n) is 0.837. The zero-order chi connectivity index (χ0) is 7.66. The summed E-state index contributed by atoms with van der Waals surface area (Å²) in [7, 11) is 0. The summed E-state index contributed by atoms with van der Waals surface area (Å²) in [5, 5.41) is 3.16. The molecule has 0 unspecified atom stereocenters. The Morgan fingerprint density at radius 3 is 2.70 bits per heavy atom. The molecule has 0 bridgehead atoms. The molecule has 0 saturated heterocycles. The number of terminal acetylenes is 1. The first-order valence-electron chi connectivity index (χ1n) is 4.06. The quantitative estimate of drug-likeness (QED) is 0.437. The molecule has 0 atom stereocenters. The maximum atomic E-state index is 5.06. The normalized spacial score (nSPS) is 9.20. The Morgan fingerprint density at radius 1 is 1.30 bits per heavy atom. The molecular weight excluding hydrogens is 122 g/mol. The Hall–Kier alpha value is -0.480. The molecule has 0 aromatic heterocycles. The van der Waals surface area contributed by atoms with Crippen molar-refractivity contribution >= 4 is 0 Å². The number of unbranched alkanes of at least 4 members (excludes halogenated alkanes) is 3. The smallest absolute Gasteiger partial charge is 0.0573 e. The highest BCUT2D eigenvalue weighted by Crippen LogP contribution is 1.96. The maximum absolute atomic E-state index is 5.06. The predicted molar refractivity (Wildman–Crippen MR) is 45.8 cm³/mol. The predicted octanol–water partition coefficient (Wildman–Crippen LogP) is 1.79. The number of hydrogen-bond donors (Lipinski definition) is 1. The lowest BCUT2D eigenvalue weighted by Crippen LogP contribution is -2.14. The van der Waals surface area contributed by atoms with Crippen molar-refractivity contribution in [2.24, 2.45) is 0 Å². The summed E-state index contributed by atoms with van der Waals surface area (Å²) >= 11 is 0. The van der Waals surface area contributed by atoms with E-state index in [-0.39, 0.29) is 0 Å². The van der Waals surface area contributed by atoms with Gasteiger partial charge in [0, 0.05) is 0 Å². The molecule has 0 fully saturated rings. The van der Waals surface area contributed by atoms with Crippen molar-refractivity contribution in [1.82, 2.24) is 5.32 Å². The van der Waals surface area contributed by atoms with Crippen LogP contribution in [0.3, 0.4) is 0 Å². The second-order valence-corrected chi connectivity index (χ2v) is 2.44. The van der Waals surface area contributed by atoms with Gasteiger partial charge in [0.05, 0.1) is 6.54 Å². The first kappa shape index (κ1) is 9.52. The van der Waals surface area contributed by atoms with E-state index < -0.39 is 0 Å². The lowest BCUT2D eigenvalue weighted by atomic mass is 10.2. The van der Waals surface area contributed by atoms with Crippen LogP contribution >= 0.6 is 0 Å². The molecule has 58 valence electrons. The van der Waals surface area contributed by atoms with Crippen LogP contribution in [0.25, 0.3) is 0 Å². The molecule has 1 N–H and O–H groups in total. The summed E-state index contributed by atoms with van der Waals surface area (Å²) < 4.78 is 0. The Morgan fingerprint density at radius 2 is 2.10 bits per heavy atom. The molecule has 10 heavy (non-hydrogen) atoms. The molecular formula is C9H17N. The van der Waals surface area contributed by atoms with Gasteiger partial charge in [0.25, 0.3) is 0 Å². The van der Waals surface area contributed by atoms with Crippen LogP contribution in [0.4, 0.5) is 0 Å². The molecule has 0 heterocycles. The molecule has 0 aromatic rings. The van der Waals surface area contributed by atoms with Crippen LogP contribution in [0, 0.1) is 12.3 Å². The minimum absolute atomic E-state index is 0.714. The summed E-state index contributed by atoms with van der Waals surface area (Å²) in [6, 6.07) is 0. The third-order valence-electron chi connectivity index (χ3n) is 1.43. The van der Waals surface area contributed by atoms with E-state index in [1.165, 1.54) is 25.7 Å². The molecule has 0 radical (unpaired) electrons. The van der Waals surface area contributed by atoms with E-state index in [0.717, 1.165) is 6.54 Å². The maximum Gasteiger partial charge on any atom is 0.0573 e. The van der Waals surface area contributed by atoms with E-state index in [0.29, 0.717) is 6.54 Å². The van der Waals surface area contributed by atoms with Crippen LogP contribution in [-0.4, -0.2) is 13.1 Å². The summed E-state index contributed by atoms with van der Waals surface area (Å²) in [4.78, 5) is 0. The largest absolute Gasteiger partial charge is 0.306 e. The van der Waals surface area contributed by atoms with Crippen LogP contribution in [0.1, 0.15) is 32.6 Å². The molecule has 1 heteroatoms. The highest BCUT2D eigenvalue weighted by Gasteiger charge is 1.85. The summed E-state index contributed by atoms with van der Waals surface area (Å²) in [5.41, 5.74) is 0. The van der Waals surface area contributed by atoms with Crippen LogP contribution in [0.5, 0.6) is 0 Å². The zero-order valence-electron chi connectivity index (χ0n) is 6.82. The van der Waals surface area contributed by atoms with Crippen molar-refractivity contribution in [2.45, 2.75) is 32.6 Å². The SMILES string of the molecule is C#CCNCCCCCC. The lowest BCUT2D eigenvalue weighted by molar-refractivity contribution is 0.623. The fraction of sp³-hybridized carbons (Fsp3) is 0.778. The van der Waals surface area contributed by atoms with E-state index in [9.17, 15) is 0 Å².